The van der Waals surface area contributed by atoms with E-state index in [9.17, 15) is 13.2 Å². The van der Waals surface area contributed by atoms with Crippen molar-refractivity contribution in [3.05, 3.63) is 54.1 Å². The molecule has 6 nitrogen and oxygen atoms in total. The van der Waals surface area contributed by atoms with E-state index in [-0.39, 0.29) is 10.6 Å². The molecule has 0 fully saturated rings. The smallest absolute Gasteiger partial charge is 0.341 e. The molecule has 0 aliphatic heterocycles. The number of hydrogen-bond acceptors (Lipinski definition) is 4. The van der Waals surface area contributed by atoms with Gasteiger partial charge in [-0.2, -0.15) is 0 Å². The van der Waals surface area contributed by atoms with Crippen molar-refractivity contribution in [1.82, 2.24) is 0 Å². The summed E-state index contributed by atoms with van der Waals surface area (Å²) < 4.78 is 32.0. The van der Waals surface area contributed by atoms with Gasteiger partial charge in [-0.05, 0) is 36.8 Å². The first-order chi connectivity index (χ1) is 10.4. The summed E-state index contributed by atoms with van der Waals surface area (Å²) in [5.41, 5.74) is 1.05. The summed E-state index contributed by atoms with van der Waals surface area (Å²) in [6, 6.07) is 12.7. The van der Waals surface area contributed by atoms with Crippen molar-refractivity contribution in [3.8, 4) is 5.75 Å². The van der Waals surface area contributed by atoms with Crippen LogP contribution in [0.1, 0.15) is 5.56 Å². The van der Waals surface area contributed by atoms with Crippen LogP contribution in [0.2, 0.25) is 0 Å². The van der Waals surface area contributed by atoms with E-state index < -0.39 is 22.6 Å². The van der Waals surface area contributed by atoms with E-state index in [0.29, 0.717) is 5.69 Å². The average Bonchev–Trinajstić information content (AvgIpc) is 2.45. The van der Waals surface area contributed by atoms with E-state index >= 15 is 0 Å². The number of rotatable bonds is 6. The highest BCUT2D eigenvalue weighted by molar-refractivity contribution is 7.92. The van der Waals surface area contributed by atoms with Crippen LogP contribution >= 0.6 is 0 Å². The summed E-state index contributed by atoms with van der Waals surface area (Å²) in [6.07, 6.45) is 0. The van der Waals surface area contributed by atoms with Gasteiger partial charge in [0, 0.05) is 6.07 Å². The number of carboxylic acids is 1. The molecule has 7 heteroatoms. The number of nitrogens with one attached hydrogen (secondary N) is 1. The molecule has 0 bridgehead atoms. The van der Waals surface area contributed by atoms with Gasteiger partial charge >= 0.3 is 5.97 Å². The SMILES string of the molecule is Cc1cc(NS(=O)(=O)c2ccccc2)cc(OCC(=O)O)c1. The average molecular weight is 321 g/mol. The number of sulfonamides is 1. The second kappa shape index (κ2) is 6.48. The maximum Gasteiger partial charge on any atom is 0.341 e. The van der Waals surface area contributed by atoms with Crippen LogP contribution in [0.5, 0.6) is 5.75 Å². The van der Waals surface area contributed by atoms with Gasteiger partial charge in [-0.1, -0.05) is 18.2 Å². The molecule has 0 spiro atoms. The summed E-state index contributed by atoms with van der Waals surface area (Å²) in [7, 11) is -3.70. The molecule has 0 radical (unpaired) electrons. The maximum absolute atomic E-state index is 12.2. The number of hydrogen-bond donors (Lipinski definition) is 2. The first-order valence-electron chi connectivity index (χ1n) is 6.41. The topological polar surface area (TPSA) is 92.7 Å². The molecule has 0 atom stereocenters. The van der Waals surface area contributed by atoms with E-state index in [1.54, 1.807) is 37.3 Å². The second-order valence-corrected chi connectivity index (χ2v) is 6.32. The molecule has 0 amide bonds. The molecule has 22 heavy (non-hydrogen) atoms. The van der Waals surface area contributed by atoms with Gasteiger partial charge in [-0.25, -0.2) is 13.2 Å². The predicted octanol–water partition coefficient (Wildman–Crippen LogP) is 2.26. The quantitative estimate of drug-likeness (QED) is 0.851. The van der Waals surface area contributed by atoms with Crippen molar-refractivity contribution in [1.29, 1.82) is 0 Å². The standard InChI is InChI=1S/C15H15NO5S/c1-11-7-12(9-13(8-11)21-10-15(17)18)16-22(19,20)14-5-3-2-4-6-14/h2-9,16H,10H2,1H3,(H,17,18). The third-order valence-electron chi connectivity index (χ3n) is 2.72. The number of aryl methyl sites for hydroxylation is 1. The van der Waals surface area contributed by atoms with Gasteiger partial charge in [0.2, 0.25) is 0 Å². The fourth-order valence-corrected chi connectivity index (χ4v) is 2.91. The van der Waals surface area contributed by atoms with Gasteiger partial charge in [-0.3, -0.25) is 4.72 Å². The third kappa shape index (κ3) is 4.23. The Labute approximate surface area is 128 Å². The van der Waals surface area contributed by atoms with Gasteiger partial charge in [-0.15, -0.1) is 0 Å². The van der Waals surface area contributed by atoms with E-state index in [2.05, 4.69) is 4.72 Å². The normalized spacial score (nSPS) is 11.0. The van der Waals surface area contributed by atoms with Crippen LogP contribution in [0, 0.1) is 6.92 Å². The molecule has 0 aromatic heterocycles. The fourth-order valence-electron chi connectivity index (χ4n) is 1.85. The van der Waals surface area contributed by atoms with Crippen molar-refractivity contribution in [2.45, 2.75) is 11.8 Å². The van der Waals surface area contributed by atoms with Crippen molar-refractivity contribution in [2.75, 3.05) is 11.3 Å². The second-order valence-electron chi connectivity index (χ2n) is 4.64. The summed E-state index contributed by atoms with van der Waals surface area (Å²) in [6.45, 7) is 1.27. The first kappa shape index (κ1) is 15.8. The zero-order valence-electron chi connectivity index (χ0n) is 11.8. The zero-order valence-corrected chi connectivity index (χ0v) is 12.6. The number of carbonyl (C=O) groups is 1. The number of ether oxygens (including phenoxy) is 1. The minimum Gasteiger partial charge on any atom is -0.482 e. The predicted molar refractivity (Wildman–Crippen MR) is 81.6 cm³/mol. The number of benzene rings is 2. The van der Waals surface area contributed by atoms with Crippen LogP contribution < -0.4 is 9.46 Å². The molecule has 0 saturated heterocycles. The van der Waals surface area contributed by atoms with Crippen molar-refractivity contribution >= 4 is 21.7 Å². The lowest BCUT2D eigenvalue weighted by Gasteiger charge is -2.11. The molecule has 0 aliphatic rings. The summed E-state index contributed by atoms with van der Waals surface area (Å²) in [5, 5.41) is 8.61. The van der Waals surface area contributed by atoms with Crippen LogP contribution in [-0.4, -0.2) is 26.1 Å². The minimum absolute atomic E-state index is 0.143. The lowest BCUT2D eigenvalue weighted by molar-refractivity contribution is -0.139. The van der Waals surface area contributed by atoms with Crippen LogP contribution in [0.25, 0.3) is 0 Å². The Morgan fingerprint density at radius 2 is 1.86 bits per heavy atom. The molecule has 0 aliphatic carbocycles. The van der Waals surface area contributed by atoms with Crippen molar-refractivity contribution < 1.29 is 23.1 Å². The molecular weight excluding hydrogens is 306 g/mol. The molecule has 0 heterocycles. The van der Waals surface area contributed by atoms with E-state index in [0.717, 1.165) is 5.56 Å². The van der Waals surface area contributed by atoms with Gasteiger partial charge in [0.15, 0.2) is 6.61 Å². The monoisotopic (exact) mass is 321 g/mol. The number of aliphatic carboxylic acids is 1. The Morgan fingerprint density at radius 3 is 2.50 bits per heavy atom. The lowest BCUT2D eigenvalue weighted by Crippen LogP contribution is -2.13. The number of carboxylic acid groups (broad SMARTS) is 1. The Bertz CT molecular complexity index is 772. The number of anilines is 1. The van der Waals surface area contributed by atoms with E-state index in [1.165, 1.54) is 18.2 Å². The van der Waals surface area contributed by atoms with E-state index in [1.807, 2.05) is 0 Å². The Kier molecular flexibility index (Phi) is 4.67. The molecule has 0 saturated carbocycles. The summed E-state index contributed by atoms with van der Waals surface area (Å²) >= 11 is 0. The molecular formula is C15H15NO5S. The fraction of sp³-hybridized carbons (Fsp3) is 0.133. The third-order valence-corrected chi connectivity index (χ3v) is 4.12. The molecule has 2 N–H and O–H groups in total. The Hall–Kier alpha value is -2.54. The van der Waals surface area contributed by atoms with Crippen molar-refractivity contribution in [2.24, 2.45) is 0 Å². The van der Waals surface area contributed by atoms with Gasteiger partial charge < -0.3 is 9.84 Å². The van der Waals surface area contributed by atoms with Gasteiger partial charge in [0.05, 0.1) is 10.6 Å². The van der Waals surface area contributed by atoms with Crippen LogP contribution in [0.4, 0.5) is 5.69 Å². The largest absolute Gasteiger partial charge is 0.482 e. The highest BCUT2D eigenvalue weighted by Gasteiger charge is 2.14. The highest BCUT2D eigenvalue weighted by Crippen LogP contribution is 2.23. The summed E-state index contributed by atoms with van der Waals surface area (Å²) in [5.74, 6) is -0.818. The highest BCUT2D eigenvalue weighted by atomic mass is 32.2. The lowest BCUT2D eigenvalue weighted by atomic mass is 10.2. The molecule has 2 rings (SSSR count). The van der Waals surface area contributed by atoms with Crippen LogP contribution in [0.15, 0.2) is 53.4 Å². The molecule has 0 unspecified atom stereocenters. The Morgan fingerprint density at radius 1 is 1.18 bits per heavy atom. The maximum atomic E-state index is 12.2. The van der Waals surface area contributed by atoms with Crippen LogP contribution in [0.3, 0.4) is 0 Å². The van der Waals surface area contributed by atoms with E-state index in [4.69, 9.17) is 9.84 Å². The van der Waals surface area contributed by atoms with Gasteiger partial charge in [0.25, 0.3) is 10.0 Å². The van der Waals surface area contributed by atoms with Crippen molar-refractivity contribution in [3.63, 3.8) is 0 Å². The minimum atomic E-state index is -3.70. The van der Waals surface area contributed by atoms with Gasteiger partial charge in [0.1, 0.15) is 5.75 Å². The first-order valence-corrected chi connectivity index (χ1v) is 7.89. The zero-order chi connectivity index (χ0) is 16.2. The Balaban J connectivity index is 2.24. The molecule has 2 aromatic rings. The molecule has 116 valence electrons. The molecule has 2 aromatic carbocycles. The van der Waals surface area contributed by atoms with Crippen LogP contribution in [-0.2, 0) is 14.8 Å². The summed E-state index contributed by atoms with van der Waals surface area (Å²) in [4.78, 5) is 10.7.